The van der Waals surface area contributed by atoms with Crippen molar-refractivity contribution in [3.63, 3.8) is 0 Å². The number of ether oxygens (including phenoxy) is 1. The van der Waals surface area contributed by atoms with E-state index in [0.29, 0.717) is 0 Å². The molecule has 80 valence electrons. The van der Waals surface area contributed by atoms with Crippen LogP contribution in [0.15, 0.2) is 22.9 Å². The van der Waals surface area contributed by atoms with E-state index in [-0.39, 0.29) is 6.04 Å². The van der Waals surface area contributed by atoms with Gasteiger partial charge >= 0.3 is 0 Å². The highest BCUT2D eigenvalue weighted by molar-refractivity contribution is 9.10. The summed E-state index contributed by atoms with van der Waals surface area (Å²) in [7, 11) is 1.64. The van der Waals surface area contributed by atoms with Gasteiger partial charge in [0.2, 0.25) is 0 Å². The summed E-state index contributed by atoms with van der Waals surface area (Å²) in [5.74, 6) is 1.64. The summed E-state index contributed by atoms with van der Waals surface area (Å²) in [4.78, 5) is 4.36. The van der Waals surface area contributed by atoms with Crippen molar-refractivity contribution in [1.29, 1.82) is 0 Å². The van der Waals surface area contributed by atoms with Crippen molar-refractivity contribution < 1.29 is 4.74 Å². The Labute approximate surface area is 96.2 Å². The lowest BCUT2D eigenvalue weighted by atomic mass is 10.3. The Morgan fingerprint density at radius 1 is 1.60 bits per heavy atom. The number of pyridine rings is 1. The van der Waals surface area contributed by atoms with Crippen molar-refractivity contribution in [2.45, 2.75) is 13.0 Å². The molecule has 0 aliphatic carbocycles. The third-order valence-corrected chi connectivity index (χ3v) is 2.82. The largest absolute Gasteiger partial charge is 0.497 e. The molecule has 0 amide bonds. The van der Waals surface area contributed by atoms with Gasteiger partial charge in [0.1, 0.15) is 16.2 Å². The molecule has 0 radical (unpaired) electrons. The predicted molar refractivity (Wildman–Crippen MR) is 62.0 cm³/mol. The van der Waals surface area contributed by atoms with Crippen molar-refractivity contribution >= 4 is 21.4 Å². The van der Waals surface area contributed by atoms with Gasteiger partial charge in [0, 0.05) is 12.3 Å². The highest BCUT2D eigenvalue weighted by atomic mass is 79.9. The number of rotatable bonds is 2. The Morgan fingerprint density at radius 2 is 2.33 bits per heavy atom. The van der Waals surface area contributed by atoms with E-state index in [0.717, 1.165) is 21.7 Å². The van der Waals surface area contributed by atoms with Gasteiger partial charge in [-0.3, -0.25) is 0 Å². The predicted octanol–water partition coefficient (Wildman–Crippen LogP) is 2.13. The molecule has 0 bridgehead atoms. The van der Waals surface area contributed by atoms with Crippen molar-refractivity contribution in [2.24, 2.45) is 5.73 Å². The van der Waals surface area contributed by atoms with Gasteiger partial charge < -0.3 is 14.9 Å². The van der Waals surface area contributed by atoms with Crippen LogP contribution in [0.5, 0.6) is 5.75 Å². The number of fused-ring (bicyclic) bond motifs is 1. The average Bonchev–Trinajstić information content (AvgIpc) is 2.56. The summed E-state index contributed by atoms with van der Waals surface area (Å²) >= 11 is 3.41. The molecule has 4 nitrogen and oxygen atoms in total. The molecular weight excluding hydrogens is 258 g/mol. The highest BCUT2D eigenvalue weighted by Crippen LogP contribution is 2.24. The van der Waals surface area contributed by atoms with E-state index in [1.54, 1.807) is 7.11 Å². The fourth-order valence-corrected chi connectivity index (χ4v) is 1.99. The van der Waals surface area contributed by atoms with E-state index >= 15 is 0 Å². The minimum atomic E-state index is -0.0998. The van der Waals surface area contributed by atoms with Gasteiger partial charge in [-0.1, -0.05) is 0 Å². The zero-order valence-corrected chi connectivity index (χ0v) is 10.2. The number of hydrogen-bond donors (Lipinski definition) is 1. The molecule has 0 aliphatic heterocycles. The van der Waals surface area contributed by atoms with Gasteiger partial charge in [0.05, 0.1) is 18.7 Å². The second-order valence-electron chi connectivity index (χ2n) is 3.37. The van der Waals surface area contributed by atoms with Crippen molar-refractivity contribution in [2.75, 3.05) is 7.11 Å². The van der Waals surface area contributed by atoms with E-state index < -0.39 is 0 Å². The minimum Gasteiger partial charge on any atom is -0.497 e. The van der Waals surface area contributed by atoms with Gasteiger partial charge in [0.15, 0.2) is 0 Å². The first-order valence-corrected chi connectivity index (χ1v) is 5.40. The zero-order valence-electron chi connectivity index (χ0n) is 8.57. The van der Waals surface area contributed by atoms with E-state index in [9.17, 15) is 0 Å². The zero-order chi connectivity index (χ0) is 11.0. The monoisotopic (exact) mass is 269 g/mol. The third kappa shape index (κ3) is 1.72. The molecule has 2 N–H and O–H groups in total. The lowest BCUT2D eigenvalue weighted by Crippen LogP contribution is -2.09. The van der Waals surface area contributed by atoms with Crippen LogP contribution in [0, 0.1) is 0 Å². The van der Waals surface area contributed by atoms with Gasteiger partial charge in [-0.25, -0.2) is 4.98 Å². The Balaban J connectivity index is 2.69. The number of nitrogens with zero attached hydrogens (tertiary/aromatic N) is 2. The summed E-state index contributed by atoms with van der Waals surface area (Å²) < 4.78 is 7.90. The Hall–Kier alpha value is -1.07. The quantitative estimate of drug-likeness (QED) is 0.909. The van der Waals surface area contributed by atoms with Crippen molar-refractivity contribution in [1.82, 2.24) is 9.38 Å². The van der Waals surface area contributed by atoms with Crippen LogP contribution in [-0.2, 0) is 0 Å². The van der Waals surface area contributed by atoms with Crippen LogP contribution in [0.1, 0.15) is 18.8 Å². The number of imidazole rings is 1. The molecule has 2 aromatic rings. The first kappa shape index (κ1) is 10.4. The maximum atomic E-state index is 5.83. The number of aromatic nitrogens is 2. The molecule has 15 heavy (non-hydrogen) atoms. The maximum absolute atomic E-state index is 5.83. The number of methoxy groups -OCH3 is 1. The summed E-state index contributed by atoms with van der Waals surface area (Å²) in [6, 6.07) is 3.70. The lowest BCUT2D eigenvalue weighted by Gasteiger charge is -2.05. The molecule has 5 heteroatoms. The second-order valence-corrected chi connectivity index (χ2v) is 4.12. The van der Waals surface area contributed by atoms with Crippen LogP contribution in [0.3, 0.4) is 0 Å². The molecule has 0 saturated carbocycles. The maximum Gasteiger partial charge on any atom is 0.132 e. The molecule has 0 fully saturated rings. The highest BCUT2D eigenvalue weighted by Gasteiger charge is 2.12. The normalized spacial score (nSPS) is 13.1. The van der Waals surface area contributed by atoms with E-state index in [2.05, 4.69) is 20.9 Å². The fourth-order valence-electron chi connectivity index (χ4n) is 1.50. The van der Waals surface area contributed by atoms with E-state index in [4.69, 9.17) is 10.5 Å². The third-order valence-electron chi connectivity index (χ3n) is 2.24. The molecular formula is C10H12BrN3O. The van der Waals surface area contributed by atoms with Crippen LogP contribution in [-0.4, -0.2) is 16.5 Å². The molecule has 0 spiro atoms. The Kier molecular flexibility index (Phi) is 2.67. The van der Waals surface area contributed by atoms with E-state index in [1.807, 2.05) is 29.7 Å². The topological polar surface area (TPSA) is 52.5 Å². The molecule has 0 aromatic carbocycles. The fraction of sp³-hybridized carbons (Fsp3) is 0.300. The van der Waals surface area contributed by atoms with Crippen LogP contribution in [0.2, 0.25) is 0 Å². The smallest absolute Gasteiger partial charge is 0.132 e. The van der Waals surface area contributed by atoms with Gasteiger partial charge in [-0.15, -0.1) is 0 Å². The minimum absolute atomic E-state index is 0.0998. The summed E-state index contributed by atoms with van der Waals surface area (Å²) in [5, 5.41) is 0. The Morgan fingerprint density at radius 3 is 2.93 bits per heavy atom. The summed E-state index contributed by atoms with van der Waals surface area (Å²) in [5.41, 5.74) is 6.79. The SMILES string of the molecule is COc1ccn2c(C(C)N)nc(Br)c2c1. The number of hydrogen-bond acceptors (Lipinski definition) is 3. The number of nitrogens with two attached hydrogens (primary N) is 1. The Bertz CT molecular complexity index is 493. The molecule has 1 atom stereocenters. The first-order valence-electron chi connectivity index (χ1n) is 4.60. The summed E-state index contributed by atoms with van der Waals surface area (Å²) in [6.45, 7) is 1.91. The van der Waals surface area contributed by atoms with Crippen LogP contribution >= 0.6 is 15.9 Å². The van der Waals surface area contributed by atoms with Gasteiger partial charge in [-0.2, -0.15) is 0 Å². The van der Waals surface area contributed by atoms with Crippen molar-refractivity contribution in [3.8, 4) is 5.75 Å². The standard InChI is InChI=1S/C10H12BrN3O/c1-6(12)10-13-9(11)8-5-7(15-2)3-4-14(8)10/h3-6H,12H2,1-2H3. The van der Waals surface area contributed by atoms with Gasteiger partial charge in [0.25, 0.3) is 0 Å². The molecule has 0 aliphatic rings. The number of halogens is 1. The molecule has 0 saturated heterocycles. The second kappa shape index (κ2) is 3.83. The lowest BCUT2D eigenvalue weighted by molar-refractivity contribution is 0.414. The average molecular weight is 270 g/mol. The molecule has 1 unspecified atom stereocenters. The summed E-state index contributed by atoms with van der Waals surface area (Å²) in [6.07, 6.45) is 1.91. The first-order chi connectivity index (χ1) is 7.13. The van der Waals surface area contributed by atoms with Crippen LogP contribution < -0.4 is 10.5 Å². The molecule has 2 aromatic heterocycles. The van der Waals surface area contributed by atoms with Crippen molar-refractivity contribution in [3.05, 3.63) is 28.8 Å². The van der Waals surface area contributed by atoms with Crippen LogP contribution in [0.25, 0.3) is 5.52 Å². The van der Waals surface area contributed by atoms with Gasteiger partial charge in [-0.05, 0) is 28.9 Å². The molecule has 2 heterocycles. The van der Waals surface area contributed by atoms with E-state index in [1.165, 1.54) is 0 Å². The van der Waals surface area contributed by atoms with Crippen LogP contribution in [0.4, 0.5) is 0 Å². The molecule has 2 rings (SSSR count).